The summed E-state index contributed by atoms with van der Waals surface area (Å²) in [5.74, 6) is 0.635. The third-order valence-corrected chi connectivity index (χ3v) is 4.75. The van der Waals surface area contributed by atoms with E-state index in [0.29, 0.717) is 22.2 Å². The van der Waals surface area contributed by atoms with Crippen LogP contribution in [0.5, 0.6) is 5.75 Å². The monoisotopic (exact) mass is 319 g/mol. The van der Waals surface area contributed by atoms with Crippen LogP contribution in [0, 0.1) is 13.8 Å². The molecule has 0 aliphatic rings. The van der Waals surface area contributed by atoms with Gasteiger partial charge in [0, 0.05) is 17.3 Å². The van der Waals surface area contributed by atoms with Gasteiger partial charge in [-0.2, -0.15) is 4.36 Å². The molecule has 1 aromatic heterocycles. The van der Waals surface area contributed by atoms with Crippen molar-refractivity contribution in [2.24, 2.45) is 4.36 Å². The molecule has 2 aromatic rings. The average molecular weight is 319 g/mol. The molecule has 0 fully saturated rings. The fourth-order valence-corrected chi connectivity index (χ4v) is 3.04. The van der Waals surface area contributed by atoms with Crippen LogP contribution in [0.25, 0.3) is 0 Å². The minimum atomic E-state index is -2.85. The molecule has 0 saturated heterocycles. The van der Waals surface area contributed by atoms with Crippen LogP contribution in [0.3, 0.4) is 0 Å². The smallest absolute Gasteiger partial charge is 0.288 e. The van der Waals surface area contributed by atoms with Gasteiger partial charge in [-0.3, -0.25) is 4.79 Å². The molecule has 0 radical (unpaired) electrons. The predicted octanol–water partition coefficient (Wildman–Crippen LogP) is 2.40. The molecule has 0 aliphatic carbocycles. The van der Waals surface area contributed by atoms with E-state index in [0.717, 1.165) is 0 Å². The summed E-state index contributed by atoms with van der Waals surface area (Å²) in [6, 6.07) is 6.63. The highest BCUT2D eigenvalue weighted by atomic mass is 32.2. The topological polar surface area (TPSA) is 81.5 Å². The second-order valence-electron chi connectivity index (χ2n) is 4.79. The van der Waals surface area contributed by atoms with Gasteiger partial charge in [0.25, 0.3) is 5.91 Å². The number of nitrogens with zero attached hydrogens (tertiary/aromatic N) is 3. The number of hydrogen-bond donors (Lipinski definition) is 0. The summed E-state index contributed by atoms with van der Waals surface area (Å²) in [6.07, 6.45) is 2.84. The number of carbonyl (C=O) groups excluding carboxylic acids is 1. The van der Waals surface area contributed by atoms with Crippen molar-refractivity contribution in [3.63, 3.8) is 0 Å². The summed E-state index contributed by atoms with van der Waals surface area (Å²) in [5, 5.41) is 0. The number of hydrogen-bond acceptors (Lipinski definition) is 5. The van der Waals surface area contributed by atoms with E-state index in [4.69, 9.17) is 4.74 Å². The molecule has 1 amide bonds. The molecule has 6 nitrogen and oxygen atoms in total. The van der Waals surface area contributed by atoms with Crippen LogP contribution in [0.2, 0.25) is 0 Å². The van der Waals surface area contributed by atoms with Gasteiger partial charge < -0.3 is 4.74 Å². The maximum absolute atomic E-state index is 12.7. The van der Waals surface area contributed by atoms with Crippen LogP contribution < -0.4 is 4.74 Å². The van der Waals surface area contributed by atoms with Crippen LogP contribution in [0.1, 0.15) is 21.9 Å². The molecule has 116 valence electrons. The maximum Gasteiger partial charge on any atom is 0.288 e. The van der Waals surface area contributed by atoms with E-state index < -0.39 is 15.6 Å². The molecule has 1 unspecified atom stereocenters. The lowest BCUT2D eigenvalue weighted by atomic mass is 10.2. The van der Waals surface area contributed by atoms with Crippen LogP contribution in [0.15, 0.2) is 39.7 Å². The Kier molecular flexibility index (Phi) is 4.56. The van der Waals surface area contributed by atoms with Crippen LogP contribution >= 0.6 is 0 Å². The van der Waals surface area contributed by atoms with Gasteiger partial charge in [0.2, 0.25) is 0 Å². The third-order valence-electron chi connectivity index (χ3n) is 3.08. The van der Waals surface area contributed by atoms with Crippen molar-refractivity contribution in [1.29, 1.82) is 0 Å². The van der Waals surface area contributed by atoms with Gasteiger partial charge in [-0.1, -0.05) is 0 Å². The van der Waals surface area contributed by atoms with Gasteiger partial charge in [0.1, 0.15) is 11.6 Å². The predicted molar refractivity (Wildman–Crippen MR) is 83.6 cm³/mol. The van der Waals surface area contributed by atoms with Crippen molar-refractivity contribution in [2.75, 3.05) is 13.4 Å². The summed E-state index contributed by atoms with van der Waals surface area (Å²) in [7, 11) is -1.30. The maximum atomic E-state index is 12.7. The van der Waals surface area contributed by atoms with Gasteiger partial charge in [0.05, 0.1) is 28.1 Å². The highest BCUT2D eigenvalue weighted by molar-refractivity contribution is 7.93. The number of aryl methyl sites for hydroxylation is 2. The Labute approximate surface area is 129 Å². The summed E-state index contributed by atoms with van der Waals surface area (Å²) < 4.78 is 21.6. The lowest BCUT2D eigenvalue weighted by Gasteiger charge is -2.06. The number of aromatic nitrogens is 2. The molecule has 22 heavy (non-hydrogen) atoms. The van der Waals surface area contributed by atoms with E-state index in [1.807, 2.05) is 0 Å². The second kappa shape index (κ2) is 6.23. The normalized spacial score (nSPS) is 13.3. The number of benzene rings is 1. The van der Waals surface area contributed by atoms with E-state index >= 15 is 0 Å². The first-order valence-electron chi connectivity index (χ1n) is 6.54. The number of methoxy groups -OCH3 is 1. The molecule has 2 rings (SSSR count). The first-order chi connectivity index (χ1) is 10.3. The van der Waals surface area contributed by atoms with Gasteiger partial charge in [-0.25, -0.2) is 14.2 Å². The van der Waals surface area contributed by atoms with Crippen molar-refractivity contribution < 1.29 is 13.7 Å². The molecule has 0 aliphatic heterocycles. The van der Waals surface area contributed by atoms with Crippen molar-refractivity contribution in [2.45, 2.75) is 18.7 Å². The first kappa shape index (κ1) is 16.1. The summed E-state index contributed by atoms with van der Waals surface area (Å²) in [4.78, 5) is 20.8. The first-order valence-corrected chi connectivity index (χ1v) is 8.46. The molecule has 1 heterocycles. The Bertz CT molecular complexity index is 822. The van der Waals surface area contributed by atoms with Crippen LogP contribution in [-0.4, -0.2) is 33.4 Å². The van der Waals surface area contributed by atoms with E-state index in [-0.39, 0.29) is 5.56 Å². The largest absolute Gasteiger partial charge is 0.497 e. The van der Waals surface area contributed by atoms with Gasteiger partial charge in [0.15, 0.2) is 0 Å². The molecule has 7 heteroatoms. The van der Waals surface area contributed by atoms with Gasteiger partial charge >= 0.3 is 0 Å². The quantitative estimate of drug-likeness (QED) is 0.867. The number of amides is 1. The Morgan fingerprint density at radius 1 is 1.23 bits per heavy atom. The van der Waals surface area contributed by atoms with E-state index in [2.05, 4.69) is 14.3 Å². The zero-order valence-corrected chi connectivity index (χ0v) is 13.7. The van der Waals surface area contributed by atoms with Crippen molar-refractivity contribution in [3.05, 3.63) is 47.5 Å². The van der Waals surface area contributed by atoms with E-state index in [9.17, 15) is 9.00 Å². The van der Waals surface area contributed by atoms with E-state index in [1.54, 1.807) is 45.2 Å². The lowest BCUT2D eigenvalue weighted by Crippen LogP contribution is -2.07. The van der Waals surface area contributed by atoms with Crippen molar-refractivity contribution >= 4 is 15.6 Å². The summed E-state index contributed by atoms with van der Waals surface area (Å²) in [6.45, 7) is 3.43. The van der Waals surface area contributed by atoms with Crippen molar-refractivity contribution in [1.82, 2.24) is 9.97 Å². The molecule has 0 N–H and O–H groups in total. The fourth-order valence-electron chi connectivity index (χ4n) is 1.88. The van der Waals surface area contributed by atoms with Crippen LogP contribution in [0.4, 0.5) is 0 Å². The zero-order valence-electron chi connectivity index (χ0n) is 12.9. The Morgan fingerprint density at radius 3 is 2.41 bits per heavy atom. The fraction of sp³-hybridized carbons (Fsp3) is 0.267. The Hall–Kier alpha value is -2.28. The molecular weight excluding hydrogens is 302 g/mol. The summed E-state index contributed by atoms with van der Waals surface area (Å²) in [5.41, 5.74) is 0.778. The zero-order chi connectivity index (χ0) is 16.3. The van der Waals surface area contributed by atoms with Gasteiger partial charge in [-0.15, -0.1) is 0 Å². The van der Waals surface area contributed by atoms with Gasteiger partial charge in [-0.05, 0) is 38.1 Å². The molecular formula is C15H17N3O3S. The SMILES string of the molecule is COc1ccc(S(C)(=O)=NC(=O)c2cnc(C)nc2C)cc1. The minimum Gasteiger partial charge on any atom is -0.497 e. The molecule has 1 aromatic carbocycles. The highest BCUT2D eigenvalue weighted by Crippen LogP contribution is 2.18. The van der Waals surface area contributed by atoms with Crippen LogP contribution in [-0.2, 0) is 9.73 Å². The van der Waals surface area contributed by atoms with E-state index in [1.165, 1.54) is 12.5 Å². The van der Waals surface area contributed by atoms with Crippen molar-refractivity contribution in [3.8, 4) is 5.75 Å². The Morgan fingerprint density at radius 2 is 1.86 bits per heavy atom. The number of carbonyl (C=O) groups is 1. The average Bonchev–Trinajstić information content (AvgIpc) is 2.46. The number of rotatable bonds is 3. The number of ether oxygens (including phenoxy) is 1. The second-order valence-corrected chi connectivity index (χ2v) is 7.05. The summed E-state index contributed by atoms with van der Waals surface area (Å²) >= 11 is 0. The molecule has 0 spiro atoms. The Balaban J connectivity index is 2.40. The highest BCUT2D eigenvalue weighted by Gasteiger charge is 2.14. The minimum absolute atomic E-state index is 0.258. The lowest BCUT2D eigenvalue weighted by molar-refractivity contribution is 0.100. The molecule has 0 bridgehead atoms. The molecule has 1 atom stereocenters. The standard InChI is InChI=1S/C15H17N3O3S/c1-10-14(9-16-11(2)17-10)15(19)18-22(4,20)13-7-5-12(21-3)6-8-13/h5-9H,1-4H3. The molecule has 0 saturated carbocycles. The third kappa shape index (κ3) is 3.48.